The van der Waals surface area contributed by atoms with Crippen molar-refractivity contribution in [3.63, 3.8) is 0 Å². The highest BCUT2D eigenvalue weighted by molar-refractivity contribution is 6.33. The zero-order valence-corrected chi connectivity index (χ0v) is 12.7. The summed E-state index contributed by atoms with van der Waals surface area (Å²) in [5.74, 6) is -0.0444. The monoisotopic (exact) mass is 295 g/mol. The van der Waals surface area contributed by atoms with Crippen LogP contribution in [0.5, 0.6) is 0 Å². The predicted molar refractivity (Wildman–Crippen MR) is 81.0 cm³/mol. The molecule has 1 rings (SSSR count). The van der Waals surface area contributed by atoms with E-state index >= 15 is 0 Å². The number of amides is 1. The van der Waals surface area contributed by atoms with Crippen LogP contribution in [0.3, 0.4) is 0 Å². The van der Waals surface area contributed by atoms with Crippen molar-refractivity contribution in [3.05, 3.63) is 34.9 Å². The Hall–Kier alpha value is -1.81. The minimum Gasteiger partial charge on any atom is -0.444 e. The van der Waals surface area contributed by atoms with Crippen molar-refractivity contribution in [3.8, 4) is 0 Å². The van der Waals surface area contributed by atoms with Crippen molar-refractivity contribution in [2.75, 3.05) is 5.32 Å². The average Bonchev–Trinajstić information content (AvgIpc) is 2.27. The van der Waals surface area contributed by atoms with E-state index in [1.54, 1.807) is 45.0 Å². The van der Waals surface area contributed by atoms with E-state index in [2.05, 4.69) is 5.32 Å². The van der Waals surface area contributed by atoms with E-state index in [-0.39, 0.29) is 5.78 Å². The van der Waals surface area contributed by atoms with Gasteiger partial charge >= 0.3 is 6.09 Å². The molecule has 0 saturated heterocycles. The van der Waals surface area contributed by atoms with Gasteiger partial charge in [0.05, 0.1) is 10.7 Å². The van der Waals surface area contributed by atoms with Gasteiger partial charge in [0.2, 0.25) is 0 Å². The molecule has 4 nitrogen and oxygen atoms in total. The molecule has 1 aromatic carbocycles. The Balaban J connectivity index is 2.78. The van der Waals surface area contributed by atoms with Gasteiger partial charge in [-0.2, -0.15) is 0 Å². The molecule has 0 saturated carbocycles. The number of ether oxygens (including phenoxy) is 1. The van der Waals surface area contributed by atoms with Crippen LogP contribution in [0.15, 0.2) is 24.3 Å². The Morgan fingerprint density at radius 2 is 1.95 bits per heavy atom. The summed E-state index contributed by atoms with van der Waals surface area (Å²) < 4.78 is 5.14. The maximum atomic E-state index is 11.6. The average molecular weight is 296 g/mol. The lowest BCUT2D eigenvalue weighted by molar-refractivity contribution is -0.112. The van der Waals surface area contributed by atoms with Crippen LogP contribution in [-0.4, -0.2) is 17.5 Å². The summed E-state index contributed by atoms with van der Waals surface area (Å²) in [7, 11) is 0. The van der Waals surface area contributed by atoms with Crippen molar-refractivity contribution in [1.82, 2.24) is 0 Å². The Kier molecular flexibility index (Phi) is 5.34. The van der Waals surface area contributed by atoms with Crippen LogP contribution < -0.4 is 5.32 Å². The number of carbonyl (C=O) groups is 2. The summed E-state index contributed by atoms with van der Waals surface area (Å²) in [6.07, 6.45) is 2.55. The van der Waals surface area contributed by atoms with Crippen LogP contribution in [0.2, 0.25) is 5.02 Å². The van der Waals surface area contributed by atoms with Crippen LogP contribution in [0.4, 0.5) is 10.5 Å². The second kappa shape index (κ2) is 6.57. The highest BCUT2D eigenvalue weighted by Crippen LogP contribution is 2.24. The van der Waals surface area contributed by atoms with Crippen molar-refractivity contribution >= 4 is 35.2 Å². The normalized spacial score (nSPS) is 11.4. The van der Waals surface area contributed by atoms with E-state index in [1.165, 1.54) is 13.0 Å². The van der Waals surface area contributed by atoms with Crippen molar-refractivity contribution in [1.29, 1.82) is 0 Å². The van der Waals surface area contributed by atoms with Gasteiger partial charge in [-0.3, -0.25) is 10.1 Å². The highest BCUT2D eigenvalue weighted by atomic mass is 35.5. The summed E-state index contributed by atoms with van der Waals surface area (Å²) in [4.78, 5) is 22.5. The first-order valence-electron chi connectivity index (χ1n) is 6.15. The van der Waals surface area contributed by atoms with E-state index in [9.17, 15) is 9.59 Å². The number of rotatable bonds is 3. The topological polar surface area (TPSA) is 55.4 Å². The molecule has 0 aliphatic rings. The number of halogens is 1. The van der Waals surface area contributed by atoms with Crippen LogP contribution in [0.25, 0.3) is 6.08 Å². The van der Waals surface area contributed by atoms with Crippen LogP contribution in [-0.2, 0) is 9.53 Å². The van der Waals surface area contributed by atoms with Crippen LogP contribution in [0, 0.1) is 0 Å². The quantitative estimate of drug-likeness (QED) is 0.846. The van der Waals surface area contributed by atoms with Gasteiger partial charge in [-0.1, -0.05) is 23.7 Å². The number of hydrogen-bond acceptors (Lipinski definition) is 3. The molecule has 0 aromatic heterocycles. The Morgan fingerprint density at radius 3 is 2.45 bits per heavy atom. The van der Waals surface area contributed by atoms with E-state index in [1.807, 2.05) is 0 Å². The van der Waals surface area contributed by atoms with Gasteiger partial charge in [0.25, 0.3) is 0 Å². The minimum absolute atomic E-state index is 0.0444. The zero-order chi connectivity index (χ0) is 15.3. The molecule has 5 heteroatoms. The van der Waals surface area contributed by atoms with Gasteiger partial charge in [0, 0.05) is 0 Å². The molecule has 0 bridgehead atoms. The van der Waals surface area contributed by atoms with E-state index in [4.69, 9.17) is 16.3 Å². The molecule has 1 N–H and O–H groups in total. The number of carbonyl (C=O) groups excluding carboxylic acids is 2. The molecule has 0 spiro atoms. The van der Waals surface area contributed by atoms with Gasteiger partial charge in [-0.15, -0.1) is 0 Å². The molecule has 0 unspecified atom stereocenters. The van der Waals surface area contributed by atoms with Gasteiger partial charge in [0.15, 0.2) is 5.78 Å². The summed E-state index contributed by atoms with van der Waals surface area (Å²) in [5.41, 5.74) is 0.668. The molecule has 1 amide bonds. The number of anilines is 1. The van der Waals surface area contributed by atoms with Crippen molar-refractivity contribution in [2.45, 2.75) is 33.3 Å². The fraction of sp³-hybridized carbons (Fsp3) is 0.333. The Morgan fingerprint density at radius 1 is 1.30 bits per heavy atom. The van der Waals surface area contributed by atoms with Gasteiger partial charge in [-0.05, 0) is 51.5 Å². The summed E-state index contributed by atoms with van der Waals surface area (Å²) in [6, 6.07) is 5.07. The van der Waals surface area contributed by atoms with Gasteiger partial charge < -0.3 is 4.74 Å². The maximum absolute atomic E-state index is 11.6. The lowest BCUT2D eigenvalue weighted by Crippen LogP contribution is -2.27. The summed E-state index contributed by atoms with van der Waals surface area (Å²) in [6.45, 7) is 6.81. The Bertz CT molecular complexity index is 545. The fourth-order valence-corrected chi connectivity index (χ4v) is 1.60. The molecule has 108 valence electrons. The SMILES string of the molecule is CC(=O)/C=C/c1ccc(NC(=O)OC(C)(C)C)c(Cl)c1. The first-order valence-corrected chi connectivity index (χ1v) is 6.53. The molecule has 0 atom stereocenters. The van der Waals surface area contributed by atoms with Crippen LogP contribution in [0.1, 0.15) is 33.3 Å². The molecule has 20 heavy (non-hydrogen) atoms. The molecule has 0 aliphatic heterocycles. The number of benzene rings is 1. The zero-order valence-electron chi connectivity index (χ0n) is 12.0. The first-order chi connectivity index (χ1) is 9.17. The lowest BCUT2D eigenvalue weighted by atomic mass is 10.2. The molecule has 0 radical (unpaired) electrons. The van der Waals surface area contributed by atoms with Crippen LogP contribution >= 0.6 is 11.6 Å². The third-order valence-corrected chi connectivity index (χ3v) is 2.45. The standard InChI is InChI=1S/C15H18ClNO3/c1-10(18)5-6-11-7-8-13(12(16)9-11)17-14(19)20-15(2,3)4/h5-9H,1-4H3,(H,17,19)/b6-5+. The second-order valence-electron chi connectivity index (χ2n) is 5.31. The van der Waals surface area contributed by atoms with E-state index in [0.29, 0.717) is 10.7 Å². The smallest absolute Gasteiger partial charge is 0.412 e. The minimum atomic E-state index is -0.569. The summed E-state index contributed by atoms with van der Waals surface area (Å²) >= 11 is 6.07. The highest BCUT2D eigenvalue weighted by Gasteiger charge is 2.16. The molecule has 1 aromatic rings. The number of allylic oxidation sites excluding steroid dienone is 1. The largest absolute Gasteiger partial charge is 0.444 e. The third kappa shape index (κ3) is 5.89. The van der Waals surface area contributed by atoms with E-state index in [0.717, 1.165) is 5.56 Å². The molecule has 0 aliphatic carbocycles. The first kappa shape index (κ1) is 16.2. The molecule has 0 heterocycles. The Labute approximate surface area is 123 Å². The van der Waals surface area contributed by atoms with Crippen molar-refractivity contribution in [2.24, 2.45) is 0 Å². The molecule has 0 fully saturated rings. The third-order valence-electron chi connectivity index (χ3n) is 2.14. The van der Waals surface area contributed by atoms with Gasteiger partial charge in [-0.25, -0.2) is 4.79 Å². The number of hydrogen-bond donors (Lipinski definition) is 1. The maximum Gasteiger partial charge on any atom is 0.412 e. The number of ketones is 1. The predicted octanol–water partition coefficient (Wildman–Crippen LogP) is 4.29. The second-order valence-corrected chi connectivity index (χ2v) is 5.72. The fourth-order valence-electron chi connectivity index (χ4n) is 1.36. The lowest BCUT2D eigenvalue weighted by Gasteiger charge is -2.20. The van der Waals surface area contributed by atoms with E-state index < -0.39 is 11.7 Å². The number of nitrogens with one attached hydrogen (secondary N) is 1. The summed E-state index contributed by atoms with van der Waals surface area (Å²) in [5, 5.41) is 2.95. The molecular weight excluding hydrogens is 278 g/mol. The van der Waals surface area contributed by atoms with Gasteiger partial charge in [0.1, 0.15) is 5.60 Å². The van der Waals surface area contributed by atoms with Crippen molar-refractivity contribution < 1.29 is 14.3 Å². The molecular formula is C15H18ClNO3.